The van der Waals surface area contributed by atoms with E-state index in [1.165, 1.54) is 6.07 Å². The third-order valence-electron chi connectivity index (χ3n) is 7.72. The van der Waals surface area contributed by atoms with E-state index in [1.54, 1.807) is 52.7 Å². The number of nitrogens with zero attached hydrogens (tertiary/aromatic N) is 1. The highest BCUT2D eigenvalue weighted by atomic mass is 35.5. The molecule has 3 N–H and O–H groups in total. The Kier molecular flexibility index (Phi) is 8.96. The first kappa shape index (κ1) is 30.5. The monoisotopic (exact) mass is 649 g/mol. The maximum Gasteiger partial charge on any atom is 0.345 e. The summed E-state index contributed by atoms with van der Waals surface area (Å²) in [5.41, 5.74) is 2.02. The zero-order valence-electron chi connectivity index (χ0n) is 22.5. The third kappa shape index (κ3) is 6.35. The second-order valence-electron chi connectivity index (χ2n) is 10.6. The van der Waals surface area contributed by atoms with Crippen molar-refractivity contribution in [3.8, 4) is 0 Å². The minimum atomic E-state index is -3.59. The molecule has 0 spiro atoms. The largest absolute Gasteiger partial charge is 0.477 e. The molecule has 5 rings (SSSR count). The first-order valence-electron chi connectivity index (χ1n) is 13.4. The van der Waals surface area contributed by atoms with Crippen LogP contribution in [0.2, 0.25) is 10.0 Å². The second kappa shape index (κ2) is 12.3. The maximum atomic E-state index is 14.3. The van der Waals surface area contributed by atoms with E-state index in [-0.39, 0.29) is 28.3 Å². The number of rotatable bonds is 8. The van der Waals surface area contributed by atoms with Gasteiger partial charge in [0.1, 0.15) is 4.88 Å². The number of benzene rings is 2. The molecule has 0 radical (unpaired) electrons. The van der Waals surface area contributed by atoms with Crippen molar-refractivity contribution < 1.29 is 27.9 Å². The molecule has 2 aliphatic rings. The number of carboxylic acids is 1. The lowest BCUT2D eigenvalue weighted by molar-refractivity contribution is -0.124. The number of sulfonamides is 1. The number of hydrogen-bond acceptors (Lipinski definition) is 6. The zero-order valence-corrected chi connectivity index (χ0v) is 25.7. The van der Waals surface area contributed by atoms with Crippen molar-refractivity contribution in [2.75, 3.05) is 6.26 Å². The lowest BCUT2D eigenvalue weighted by atomic mass is 9.76. The summed E-state index contributed by atoms with van der Waals surface area (Å²) >= 11 is 14.0. The number of fused-ring (bicyclic) bond motifs is 1. The van der Waals surface area contributed by atoms with Gasteiger partial charge >= 0.3 is 5.97 Å². The Bertz CT molecular complexity index is 1640. The first-order valence-corrected chi connectivity index (χ1v) is 16.9. The SMILES string of the molecule is CS(=O)(=O)N[C@H]1CCCC[C@@H]1N1C(=O)c2ccccc2[C@@H](C(=O)NCc2csc(C(=O)O)c2)[C@@H]1c1ccc(Cl)cc1Cl. The van der Waals surface area contributed by atoms with Crippen LogP contribution in [-0.4, -0.2) is 54.5 Å². The van der Waals surface area contributed by atoms with Gasteiger partial charge in [-0.25, -0.2) is 17.9 Å². The molecule has 3 aromatic rings. The van der Waals surface area contributed by atoms with Crippen LogP contribution in [0.1, 0.15) is 74.4 Å². The maximum absolute atomic E-state index is 14.3. The summed E-state index contributed by atoms with van der Waals surface area (Å²) in [4.78, 5) is 41.6. The van der Waals surface area contributed by atoms with Gasteiger partial charge in [0.15, 0.2) is 0 Å². The average Bonchev–Trinajstić information content (AvgIpc) is 3.41. The van der Waals surface area contributed by atoms with Gasteiger partial charge < -0.3 is 15.3 Å². The van der Waals surface area contributed by atoms with Crippen LogP contribution in [0, 0.1) is 0 Å². The highest BCUT2D eigenvalue weighted by molar-refractivity contribution is 7.88. The molecule has 13 heteroatoms. The topological polar surface area (TPSA) is 133 Å². The number of amides is 2. The minimum absolute atomic E-state index is 0.0813. The zero-order chi connectivity index (χ0) is 30.2. The molecule has 0 saturated heterocycles. The van der Waals surface area contributed by atoms with Gasteiger partial charge in [-0.2, -0.15) is 0 Å². The standard InChI is InChI=1S/C29H29Cl2N3O6S2/c1-42(39,40)33-22-8-4-5-9-23(22)34-26(20-11-10-17(30)13-21(20)31)25(18-6-2-3-7-19(18)28(34)36)27(35)32-14-16-12-24(29(37)38)41-15-16/h2-3,6-7,10-13,15,22-23,25-26,33H,4-5,8-9,14H2,1H3,(H,32,35)(H,37,38)/t22-,23-,25+,26-/m0/s1. The molecule has 1 saturated carbocycles. The second-order valence-corrected chi connectivity index (χ2v) is 14.1. The molecule has 222 valence electrons. The Morgan fingerprint density at radius 2 is 1.81 bits per heavy atom. The van der Waals surface area contributed by atoms with Crippen molar-refractivity contribution in [2.24, 2.45) is 0 Å². The average molecular weight is 651 g/mol. The molecule has 1 aliphatic carbocycles. The minimum Gasteiger partial charge on any atom is -0.477 e. The molecular formula is C29H29Cl2N3O6S2. The van der Waals surface area contributed by atoms with E-state index in [1.807, 2.05) is 0 Å². The van der Waals surface area contributed by atoms with Crippen molar-refractivity contribution >= 4 is 62.3 Å². The Hall–Kier alpha value is -2.96. The fourth-order valence-corrected chi connectivity index (χ4v) is 8.10. The summed E-state index contributed by atoms with van der Waals surface area (Å²) in [7, 11) is -3.59. The highest BCUT2D eigenvalue weighted by Gasteiger charge is 2.49. The van der Waals surface area contributed by atoms with Crippen molar-refractivity contribution in [3.63, 3.8) is 0 Å². The summed E-state index contributed by atoms with van der Waals surface area (Å²) in [5, 5.41) is 14.6. The molecule has 0 bridgehead atoms. The Labute approximate surface area is 257 Å². The lowest BCUT2D eigenvalue weighted by Gasteiger charge is -2.49. The molecule has 1 aromatic heterocycles. The number of carboxylic acid groups (broad SMARTS) is 1. The van der Waals surface area contributed by atoms with E-state index in [9.17, 15) is 27.9 Å². The Morgan fingerprint density at radius 1 is 1.07 bits per heavy atom. The van der Waals surface area contributed by atoms with E-state index in [2.05, 4.69) is 10.0 Å². The van der Waals surface area contributed by atoms with E-state index in [0.717, 1.165) is 30.4 Å². The van der Waals surface area contributed by atoms with Crippen LogP contribution in [-0.2, 0) is 21.4 Å². The van der Waals surface area contributed by atoms with Crippen LogP contribution < -0.4 is 10.0 Å². The van der Waals surface area contributed by atoms with E-state index in [0.29, 0.717) is 40.1 Å². The van der Waals surface area contributed by atoms with Gasteiger partial charge in [-0.1, -0.05) is 60.3 Å². The number of halogens is 2. The van der Waals surface area contributed by atoms with Crippen molar-refractivity contribution in [3.05, 3.63) is 91.1 Å². The van der Waals surface area contributed by atoms with Crippen LogP contribution >= 0.6 is 34.5 Å². The van der Waals surface area contributed by atoms with Gasteiger partial charge in [0.25, 0.3) is 5.91 Å². The van der Waals surface area contributed by atoms with E-state index in [4.69, 9.17) is 23.2 Å². The highest BCUT2D eigenvalue weighted by Crippen LogP contribution is 2.48. The fraction of sp³-hybridized carbons (Fsp3) is 0.345. The molecule has 0 unspecified atom stereocenters. The molecule has 2 aromatic carbocycles. The van der Waals surface area contributed by atoms with Gasteiger partial charge in [0.05, 0.1) is 18.2 Å². The van der Waals surface area contributed by atoms with E-state index >= 15 is 0 Å². The van der Waals surface area contributed by atoms with E-state index < -0.39 is 40.0 Å². The summed E-state index contributed by atoms with van der Waals surface area (Å²) in [6.07, 6.45) is 3.72. The normalized spacial score (nSPS) is 22.5. The molecule has 2 heterocycles. The quantitative estimate of drug-likeness (QED) is 0.307. The van der Waals surface area contributed by atoms with Gasteiger partial charge in [0, 0.05) is 34.2 Å². The molecular weight excluding hydrogens is 621 g/mol. The van der Waals surface area contributed by atoms with Crippen LogP contribution in [0.5, 0.6) is 0 Å². The third-order valence-corrected chi connectivity index (χ3v) is 9.98. The molecule has 4 atom stereocenters. The van der Waals surface area contributed by atoms with Crippen LogP contribution in [0.25, 0.3) is 0 Å². The Balaban J connectivity index is 1.62. The number of hydrogen-bond donors (Lipinski definition) is 3. The summed E-state index contributed by atoms with van der Waals surface area (Å²) < 4.78 is 27.4. The summed E-state index contributed by atoms with van der Waals surface area (Å²) in [6, 6.07) is 11.3. The number of nitrogens with one attached hydrogen (secondary N) is 2. The molecule has 42 heavy (non-hydrogen) atoms. The van der Waals surface area contributed by atoms with Gasteiger partial charge in [-0.3, -0.25) is 9.59 Å². The Morgan fingerprint density at radius 3 is 2.50 bits per heavy atom. The van der Waals surface area contributed by atoms with Crippen LogP contribution in [0.4, 0.5) is 0 Å². The fourth-order valence-electron chi connectivity index (χ4n) is 6.01. The number of aromatic carboxylic acids is 1. The van der Waals surface area contributed by atoms with Gasteiger partial charge in [0.2, 0.25) is 15.9 Å². The lowest BCUT2D eigenvalue weighted by Crippen LogP contribution is -2.59. The molecule has 9 nitrogen and oxygen atoms in total. The first-order chi connectivity index (χ1) is 19.9. The van der Waals surface area contributed by atoms with Crippen molar-refractivity contribution in [2.45, 2.75) is 56.3 Å². The summed E-state index contributed by atoms with van der Waals surface area (Å²) in [6.45, 7) is 0.0813. The summed E-state index contributed by atoms with van der Waals surface area (Å²) in [5.74, 6) is -2.66. The number of carbonyl (C=O) groups excluding carboxylic acids is 2. The van der Waals surface area contributed by atoms with Crippen molar-refractivity contribution in [1.82, 2.24) is 14.9 Å². The molecule has 1 fully saturated rings. The number of carbonyl (C=O) groups is 3. The van der Waals surface area contributed by atoms with Gasteiger partial charge in [-0.15, -0.1) is 11.3 Å². The predicted octanol–water partition coefficient (Wildman–Crippen LogP) is 5.21. The number of thiophene rings is 1. The van der Waals surface area contributed by atoms with Crippen LogP contribution in [0.15, 0.2) is 53.9 Å². The van der Waals surface area contributed by atoms with Crippen LogP contribution in [0.3, 0.4) is 0 Å². The smallest absolute Gasteiger partial charge is 0.345 e. The predicted molar refractivity (Wildman–Crippen MR) is 162 cm³/mol. The van der Waals surface area contributed by atoms with Crippen molar-refractivity contribution in [1.29, 1.82) is 0 Å². The van der Waals surface area contributed by atoms with Gasteiger partial charge in [-0.05, 0) is 59.2 Å². The molecule has 2 amide bonds. The molecule has 1 aliphatic heterocycles.